The number of benzene rings is 1. The SMILES string of the molecule is CC(C)(N)Cc1ccc(F)c(F)c1. The summed E-state index contributed by atoms with van der Waals surface area (Å²) in [5.74, 6) is -1.64. The van der Waals surface area contributed by atoms with Crippen LogP contribution in [0.1, 0.15) is 19.4 Å². The Morgan fingerprint density at radius 1 is 1.23 bits per heavy atom. The Morgan fingerprint density at radius 3 is 2.31 bits per heavy atom. The highest BCUT2D eigenvalue weighted by molar-refractivity contribution is 5.19. The molecule has 72 valence electrons. The summed E-state index contributed by atoms with van der Waals surface area (Å²) in [6.45, 7) is 3.68. The van der Waals surface area contributed by atoms with Crippen molar-refractivity contribution in [2.24, 2.45) is 5.73 Å². The van der Waals surface area contributed by atoms with Gasteiger partial charge >= 0.3 is 0 Å². The Bertz CT molecular complexity index is 302. The molecule has 1 aromatic rings. The quantitative estimate of drug-likeness (QED) is 0.751. The van der Waals surface area contributed by atoms with Crippen molar-refractivity contribution in [3.05, 3.63) is 35.4 Å². The summed E-state index contributed by atoms with van der Waals surface area (Å²) in [7, 11) is 0. The molecule has 0 saturated heterocycles. The van der Waals surface area contributed by atoms with Crippen molar-refractivity contribution in [3.8, 4) is 0 Å². The van der Waals surface area contributed by atoms with E-state index in [2.05, 4.69) is 0 Å². The smallest absolute Gasteiger partial charge is 0.159 e. The van der Waals surface area contributed by atoms with Crippen molar-refractivity contribution in [1.29, 1.82) is 0 Å². The average molecular weight is 185 g/mol. The molecule has 0 atom stereocenters. The molecule has 1 nitrogen and oxygen atoms in total. The molecule has 0 radical (unpaired) electrons. The molecule has 0 amide bonds. The van der Waals surface area contributed by atoms with Crippen LogP contribution in [0.5, 0.6) is 0 Å². The van der Waals surface area contributed by atoms with Crippen molar-refractivity contribution in [3.63, 3.8) is 0 Å². The molecule has 0 aliphatic rings. The summed E-state index contributed by atoms with van der Waals surface area (Å²) in [5.41, 5.74) is 6.06. The molecule has 0 spiro atoms. The first-order valence-corrected chi connectivity index (χ1v) is 4.11. The third-order valence-corrected chi connectivity index (χ3v) is 1.64. The van der Waals surface area contributed by atoms with E-state index >= 15 is 0 Å². The molecule has 1 rings (SSSR count). The number of nitrogens with two attached hydrogens (primary N) is 1. The van der Waals surface area contributed by atoms with Gasteiger partial charge in [-0.05, 0) is 38.0 Å². The minimum Gasteiger partial charge on any atom is -0.325 e. The fourth-order valence-electron chi connectivity index (χ4n) is 1.18. The maximum atomic E-state index is 12.7. The molecule has 0 saturated carbocycles. The first-order chi connectivity index (χ1) is 5.88. The van der Waals surface area contributed by atoms with Crippen molar-refractivity contribution in [1.82, 2.24) is 0 Å². The standard InChI is InChI=1S/C10H13F2N/c1-10(2,13)6-7-3-4-8(11)9(12)5-7/h3-5H,6,13H2,1-2H3. The van der Waals surface area contributed by atoms with Gasteiger partial charge in [0, 0.05) is 5.54 Å². The van der Waals surface area contributed by atoms with E-state index in [4.69, 9.17) is 5.73 Å². The van der Waals surface area contributed by atoms with E-state index in [0.29, 0.717) is 12.0 Å². The summed E-state index contributed by atoms with van der Waals surface area (Å²) in [5, 5.41) is 0. The highest BCUT2D eigenvalue weighted by Gasteiger charge is 2.12. The summed E-state index contributed by atoms with van der Waals surface area (Å²) in [6, 6.07) is 3.85. The fourth-order valence-corrected chi connectivity index (χ4v) is 1.18. The normalized spacial score (nSPS) is 11.8. The van der Waals surface area contributed by atoms with Gasteiger partial charge in [0.15, 0.2) is 11.6 Å². The van der Waals surface area contributed by atoms with E-state index < -0.39 is 17.2 Å². The molecule has 13 heavy (non-hydrogen) atoms. The lowest BCUT2D eigenvalue weighted by Gasteiger charge is -2.18. The second-order valence-electron chi connectivity index (χ2n) is 3.91. The number of rotatable bonds is 2. The Labute approximate surface area is 76.6 Å². The zero-order chi connectivity index (χ0) is 10.1. The molecule has 2 N–H and O–H groups in total. The van der Waals surface area contributed by atoms with Crippen LogP contribution in [0.15, 0.2) is 18.2 Å². The minimum absolute atomic E-state index is 0.399. The lowest BCUT2D eigenvalue weighted by Crippen LogP contribution is -2.34. The van der Waals surface area contributed by atoms with Crippen LogP contribution in [-0.4, -0.2) is 5.54 Å². The minimum atomic E-state index is -0.821. The van der Waals surface area contributed by atoms with Crippen molar-refractivity contribution in [2.75, 3.05) is 0 Å². The molecule has 0 aliphatic heterocycles. The van der Waals surface area contributed by atoms with Gasteiger partial charge in [0.1, 0.15) is 0 Å². The summed E-state index contributed by atoms with van der Waals surface area (Å²) in [4.78, 5) is 0. The molecule has 0 bridgehead atoms. The number of halogens is 2. The maximum absolute atomic E-state index is 12.7. The highest BCUT2D eigenvalue weighted by Crippen LogP contribution is 2.13. The Balaban J connectivity index is 2.86. The zero-order valence-corrected chi connectivity index (χ0v) is 7.77. The van der Waals surface area contributed by atoms with Gasteiger partial charge in [-0.3, -0.25) is 0 Å². The average Bonchev–Trinajstić information content (AvgIpc) is 1.94. The van der Waals surface area contributed by atoms with E-state index in [0.717, 1.165) is 6.07 Å². The van der Waals surface area contributed by atoms with E-state index in [1.165, 1.54) is 6.07 Å². The van der Waals surface area contributed by atoms with Gasteiger partial charge in [-0.15, -0.1) is 0 Å². The summed E-state index contributed by atoms with van der Waals surface area (Å²) < 4.78 is 25.3. The van der Waals surface area contributed by atoms with Crippen molar-refractivity contribution >= 4 is 0 Å². The molecule has 3 heteroatoms. The second kappa shape index (κ2) is 3.42. The van der Waals surface area contributed by atoms with Crippen molar-refractivity contribution in [2.45, 2.75) is 25.8 Å². The van der Waals surface area contributed by atoms with Crippen LogP contribution in [0.25, 0.3) is 0 Å². The molecule has 0 unspecified atom stereocenters. The molecular weight excluding hydrogens is 172 g/mol. The van der Waals surface area contributed by atoms with E-state index in [1.807, 2.05) is 13.8 Å². The molecule has 0 heterocycles. The van der Waals surface area contributed by atoms with Gasteiger partial charge in [-0.2, -0.15) is 0 Å². The zero-order valence-electron chi connectivity index (χ0n) is 7.77. The van der Waals surface area contributed by atoms with E-state index in [1.54, 1.807) is 6.07 Å². The van der Waals surface area contributed by atoms with Gasteiger partial charge in [0.25, 0.3) is 0 Å². The van der Waals surface area contributed by atoms with Gasteiger partial charge < -0.3 is 5.73 Å². The van der Waals surface area contributed by atoms with Gasteiger partial charge in [-0.25, -0.2) is 8.78 Å². The van der Waals surface area contributed by atoms with Gasteiger partial charge in [-0.1, -0.05) is 6.07 Å². The lowest BCUT2D eigenvalue weighted by atomic mass is 9.96. The summed E-state index contributed by atoms with van der Waals surface area (Å²) >= 11 is 0. The predicted octanol–water partition coefficient (Wildman–Crippen LogP) is 2.24. The Kier molecular flexibility index (Phi) is 2.66. The molecule has 0 fully saturated rings. The molecule has 1 aromatic carbocycles. The fraction of sp³-hybridized carbons (Fsp3) is 0.400. The summed E-state index contributed by atoms with van der Waals surface area (Å²) in [6.07, 6.45) is 0.532. The monoisotopic (exact) mass is 185 g/mol. The number of hydrogen-bond acceptors (Lipinski definition) is 1. The Hall–Kier alpha value is -0.960. The first kappa shape index (κ1) is 10.1. The molecular formula is C10H13F2N. The largest absolute Gasteiger partial charge is 0.325 e. The second-order valence-corrected chi connectivity index (χ2v) is 3.91. The van der Waals surface area contributed by atoms with Crippen LogP contribution in [-0.2, 0) is 6.42 Å². The van der Waals surface area contributed by atoms with Crippen LogP contribution < -0.4 is 5.73 Å². The van der Waals surface area contributed by atoms with Crippen LogP contribution in [0.3, 0.4) is 0 Å². The third-order valence-electron chi connectivity index (χ3n) is 1.64. The van der Waals surface area contributed by atoms with E-state index in [9.17, 15) is 8.78 Å². The van der Waals surface area contributed by atoms with Crippen LogP contribution >= 0.6 is 0 Å². The first-order valence-electron chi connectivity index (χ1n) is 4.11. The lowest BCUT2D eigenvalue weighted by molar-refractivity contribution is 0.494. The Morgan fingerprint density at radius 2 is 1.85 bits per heavy atom. The van der Waals surface area contributed by atoms with Gasteiger partial charge in [0.05, 0.1) is 0 Å². The number of hydrogen-bond donors (Lipinski definition) is 1. The third kappa shape index (κ3) is 3.11. The highest BCUT2D eigenvalue weighted by atomic mass is 19.2. The molecule has 0 aliphatic carbocycles. The van der Waals surface area contributed by atoms with Crippen molar-refractivity contribution < 1.29 is 8.78 Å². The molecule has 0 aromatic heterocycles. The predicted molar refractivity (Wildman–Crippen MR) is 48.3 cm³/mol. The topological polar surface area (TPSA) is 26.0 Å². The van der Waals surface area contributed by atoms with Crippen LogP contribution in [0.4, 0.5) is 8.78 Å². The van der Waals surface area contributed by atoms with Crippen LogP contribution in [0.2, 0.25) is 0 Å². The van der Waals surface area contributed by atoms with Gasteiger partial charge in [0.2, 0.25) is 0 Å². The van der Waals surface area contributed by atoms with Crippen LogP contribution in [0, 0.1) is 11.6 Å². The van der Waals surface area contributed by atoms with E-state index in [-0.39, 0.29) is 0 Å². The maximum Gasteiger partial charge on any atom is 0.159 e.